The molecule has 0 spiro atoms. The van der Waals surface area contributed by atoms with E-state index >= 15 is 0 Å². The number of aromatic nitrogens is 1. The zero-order valence-electron chi connectivity index (χ0n) is 10.3. The van der Waals surface area contributed by atoms with E-state index in [0.717, 1.165) is 6.07 Å². The fourth-order valence-corrected chi connectivity index (χ4v) is 1.90. The molecule has 108 valence electrons. The van der Waals surface area contributed by atoms with Crippen LogP contribution < -0.4 is 11.1 Å². The Labute approximate surface area is 128 Å². The van der Waals surface area contributed by atoms with Crippen LogP contribution in [-0.4, -0.2) is 15.8 Å². The summed E-state index contributed by atoms with van der Waals surface area (Å²) in [6.45, 7) is 0. The van der Waals surface area contributed by atoms with Crippen molar-refractivity contribution in [1.82, 2.24) is 4.98 Å². The third kappa shape index (κ3) is 3.39. The van der Waals surface area contributed by atoms with E-state index in [9.17, 15) is 14.9 Å². The van der Waals surface area contributed by atoms with Gasteiger partial charge in [0.1, 0.15) is 5.82 Å². The van der Waals surface area contributed by atoms with Gasteiger partial charge in [-0.15, -0.1) is 0 Å². The average molecular weight is 327 g/mol. The van der Waals surface area contributed by atoms with E-state index in [0.29, 0.717) is 0 Å². The molecule has 7 nitrogen and oxygen atoms in total. The van der Waals surface area contributed by atoms with Gasteiger partial charge in [-0.05, 0) is 12.1 Å². The number of amides is 1. The molecule has 0 saturated heterocycles. The normalized spacial score (nSPS) is 10.2. The smallest absolute Gasteiger partial charge is 0.271 e. The zero-order chi connectivity index (χ0) is 15.6. The maximum absolute atomic E-state index is 12.1. The third-order valence-corrected chi connectivity index (χ3v) is 3.16. The minimum Gasteiger partial charge on any atom is -0.384 e. The van der Waals surface area contributed by atoms with Gasteiger partial charge in [0.25, 0.3) is 11.6 Å². The van der Waals surface area contributed by atoms with Crippen LogP contribution in [0.15, 0.2) is 30.5 Å². The van der Waals surface area contributed by atoms with E-state index in [4.69, 9.17) is 28.9 Å². The van der Waals surface area contributed by atoms with Crippen molar-refractivity contribution in [3.8, 4) is 0 Å². The number of pyridine rings is 1. The summed E-state index contributed by atoms with van der Waals surface area (Å²) in [5.41, 5.74) is 5.48. The Hall–Kier alpha value is -2.38. The molecule has 1 amide bonds. The molecule has 0 bridgehead atoms. The van der Waals surface area contributed by atoms with Crippen LogP contribution in [0, 0.1) is 10.1 Å². The van der Waals surface area contributed by atoms with Crippen molar-refractivity contribution in [2.75, 3.05) is 11.1 Å². The summed E-state index contributed by atoms with van der Waals surface area (Å²) >= 11 is 11.8. The molecule has 0 aliphatic heterocycles. The van der Waals surface area contributed by atoms with Crippen LogP contribution in [0.5, 0.6) is 0 Å². The van der Waals surface area contributed by atoms with Crippen molar-refractivity contribution in [3.05, 3.63) is 56.2 Å². The Morgan fingerprint density at radius 3 is 2.67 bits per heavy atom. The maximum Gasteiger partial charge on any atom is 0.271 e. The van der Waals surface area contributed by atoms with Crippen LogP contribution in [0.25, 0.3) is 0 Å². The summed E-state index contributed by atoms with van der Waals surface area (Å²) in [6.07, 6.45) is 1.24. The van der Waals surface area contributed by atoms with Crippen LogP contribution in [0.2, 0.25) is 10.0 Å². The highest BCUT2D eigenvalue weighted by Crippen LogP contribution is 2.28. The number of hydrogen-bond acceptors (Lipinski definition) is 5. The van der Waals surface area contributed by atoms with Crippen molar-refractivity contribution in [2.45, 2.75) is 0 Å². The Morgan fingerprint density at radius 1 is 1.29 bits per heavy atom. The molecule has 0 aliphatic rings. The second kappa shape index (κ2) is 5.94. The molecule has 2 rings (SSSR count). The number of anilines is 2. The lowest BCUT2D eigenvalue weighted by Gasteiger charge is -2.08. The molecule has 1 aromatic heterocycles. The fraction of sp³-hybridized carbons (Fsp3) is 0. The van der Waals surface area contributed by atoms with Gasteiger partial charge in [0.15, 0.2) is 0 Å². The molecule has 0 fully saturated rings. The van der Waals surface area contributed by atoms with Crippen molar-refractivity contribution >= 4 is 46.3 Å². The van der Waals surface area contributed by atoms with Gasteiger partial charge in [-0.1, -0.05) is 23.2 Å². The van der Waals surface area contributed by atoms with Crippen molar-refractivity contribution < 1.29 is 9.72 Å². The topological polar surface area (TPSA) is 111 Å². The number of carbonyl (C=O) groups is 1. The van der Waals surface area contributed by atoms with Gasteiger partial charge in [0.05, 0.1) is 26.2 Å². The molecule has 2 aromatic rings. The van der Waals surface area contributed by atoms with Gasteiger partial charge in [-0.2, -0.15) is 0 Å². The number of nitrogens with zero attached hydrogens (tertiary/aromatic N) is 2. The Kier molecular flexibility index (Phi) is 4.25. The number of nitro groups is 1. The first-order chi connectivity index (χ1) is 9.88. The molecule has 0 saturated carbocycles. The van der Waals surface area contributed by atoms with Crippen LogP contribution in [-0.2, 0) is 0 Å². The quantitative estimate of drug-likeness (QED) is 0.664. The summed E-state index contributed by atoms with van der Waals surface area (Å²) in [6, 6.07) is 4.99. The van der Waals surface area contributed by atoms with Crippen LogP contribution in [0.4, 0.5) is 17.2 Å². The summed E-state index contributed by atoms with van der Waals surface area (Å²) < 4.78 is 0. The fourth-order valence-electron chi connectivity index (χ4n) is 1.54. The van der Waals surface area contributed by atoms with Gasteiger partial charge in [0.2, 0.25) is 0 Å². The molecule has 0 radical (unpaired) electrons. The highest BCUT2D eigenvalue weighted by molar-refractivity contribution is 6.36. The molecular weight excluding hydrogens is 319 g/mol. The third-order valence-electron chi connectivity index (χ3n) is 2.53. The Bertz CT molecular complexity index is 736. The first kappa shape index (κ1) is 15.0. The summed E-state index contributed by atoms with van der Waals surface area (Å²) in [7, 11) is 0. The van der Waals surface area contributed by atoms with Gasteiger partial charge in [-0.3, -0.25) is 14.9 Å². The average Bonchev–Trinajstić information content (AvgIpc) is 2.43. The predicted molar refractivity (Wildman–Crippen MR) is 79.7 cm³/mol. The van der Waals surface area contributed by atoms with E-state index in [1.807, 2.05) is 0 Å². The predicted octanol–water partition coefficient (Wildman–Crippen LogP) is 3.13. The molecule has 0 atom stereocenters. The molecule has 1 heterocycles. The lowest BCUT2D eigenvalue weighted by atomic mass is 10.2. The van der Waals surface area contributed by atoms with Gasteiger partial charge in [0, 0.05) is 18.3 Å². The first-order valence-corrected chi connectivity index (χ1v) is 6.30. The van der Waals surface area contributed by atoms with E-state index in [2.05, 4.69) is 10.3 Å². The number of hydrogen-bond donors (Lipinski definition) is 2. The number of carbonyl (C=O) groups excluding carboxylic acids is 1. The standard InChI is InChI=1S/C12H8Cl2N4O3/c13-8-2-1-6(18(20)21)3-10(8)17-12(19)7-4-11(15)16-5-9(7)14/h1-5H,(H2,15,16)(H,17,19). The second-order valence-electron chi connectivity index (χ2n) is 3.96. The molecule has 21 heavy (non-hydrogen) atoms. The summed E-state index contributed by atoms with van der Waals surface area (Å²) in [5, 5.41) is 13.4. The van der Waals surface area contributed by atoms with Crippen LogP contribution in [0.3, 0.4) is 0 Å². The minimum absolute atomic E-state index is 0.0896. The van der Waals surface area contributed by atoms with Gasteiger partial charge < -0.3 is 11.1 Å². The van der Waals surface area contributed by atoms with Gasteiger partial charge in [-0.25, -0.2) is 4.98 Å². The number of nitro benzene ring substituents is 1. The van der Waals surface area contributed by atoms with Crippen LogP contribution in [0.1, 0.15) is 10.4 Å². The minimum atomic E-state index is -0.600. The number of non-ortho nitro benzene ring substituents is 1. The molecule has 0 unspecified atom stereocenters. The molecular formula is C12H8Cl2N4O3. The molecule has 9 heteroatoms. The molecule has 1 aromatic carbocycles. The Balaban J connectivity index is 2.33. The van der Waals surface area contributed by atoms with Crippen molar-refractivity contribution in [1.29, 1.82) is 0 Å². The summed E-state index contributed by atoms with van der Waals surface area (Å²) in [4.78, 5) is 26.0. The highest BCUT2D eigenvalue weighted by atomic mass is 35.5. The number of nitrogen functional groups attached to an aromatic ring is 1. The second-order valence-corrected chi connectivity index (χ2v) is 4.78. The number of halogens is 2. The largest absolute Gasteiger partial charge is 0.384 e. The summed E-state index contributed by atoms with van der Waals surface area (Å²) in [5.74, 6) is -0.480. The van der Waals surface area contributed by atoms with Gasteiger partial charge >= 0.3 is 0 Å². The van der Waals surface area contributed by atoms with E-state index in [1.165, 1.54) is 24.4 Å². The SMILES string of the molecule is Nc1cc(C(=O)Nc2cc([N+](=O)[O-])ccc2Cl)c(Cl)cn1. The van der Waals surface area contributed by atoms with Crippen LogP contribution >= 0.6 is 23.2 Å². The molecule has 0 aliphatic carbocycles. The maximum atomic E-state index is 12.1. The van der Waals surface area contributed by atoms with E-state index < -0.39 is 10.8 Å². The zero-order valence-corrected chi connectivity index (χ0v) is 11.9. The van der Waals surface area contributed by atoms with Crippen molar-refractivity contribution in [3.63, 3.8) is 0 Å². The number of nitrogens with two attached hydrogens (primary N) is 1. The highest BCUT2D eigenvalue weighted by Gasteiger charge is 2.15. The lowest BCUT2D eigenvalue weighted by molar-refractivity contribution is -0.384. The lowest BCUT2D eigenvalue weighted by Crippen LogP contribution is -2.13. The Morgan fingerprint density at radius 2 is 2.00 bits per heavy atom. The number of nitrogens with one attached hydrogen (secondary N) is 1. The first-order valence-electron chi connectivity index (χ1n) is 5.55. The van der Waals surface area contributed by atoms with E-state index in [1.54, 1.807) is 0 Å². The number of benzene rings is 1. The number of rotatable bonds is 3. The molecule has 3 N–H and O–H groups in total. The van der Waals surface area contributed by atoms with E-state index in [-0.39, 0.29) is 32.8 Å². The monoisotopic (exact) mass is 326 g/mol. The van der Waals surface area contributed by atoms with Crippen molar-refractivity contribution in [2.24, 2.45) is 0 Å².